The van der Waals surface area contributed by atoms with E-state index in [9.17, 15) is 9.18 Å². The van der Waals surface area contributed by atoms with Gasteiger partial charge in [-0.2, -0.15) is 9.49 Å². The van der Waals surface area contributed by atoms with Gasteiger partial charge in [0.25, 0.3) is 5.91 Å². The average Bonchev–Trinajstić information content (AvgIpc) is 3.04. The summed E-state index contributed by atoms with van der Waals surface area (Å²) < 4.78 is 19.8. The van der Waals surface area contributed by atoms with Gasteiger partial charge < -0.3 is 10.1 Å². The largest absolute Gasteiger partial charge is 0.377 e. The number of thiophene rings is 1. The van der Waals surface area contributed by atoms with Gasteiger partial charge in [0.05, 0.1) is 11.4 Å². The molecule has 6 nitrogen and oxygen atoms in total. The Bertz CT molecular complexity index is 654. The van der Waals surface area contributed by atoms with Crippen LogP contribution in [0.4, 0.5) is 4.39 Å². The van der Waals surface area contributed by atoms with Crippen LogP contribution in [-0.4, -0.2) is 33.8 Å². The van der Waals surface area contributed by atoms with E-state index in [1.165, 1.54) is 12.1 Å². The van der Waals surface area contributed by atoms with Crippen molar-refractivity contribution in [3.8, 4) is 0 Å². The van der Waals surface area contributed by atoms with Gasteiger partial charge in [0.1, 0.15) is 12.4 Å². The minimum Gasteiger partial charge on any atom is -0.377 e. The molecule has 1 aliphatic rings. The van der Waals surface area contributed by atoms with Crippen molar-refractivity contribution in [1.82, 2.24) is 20.1 Å². The van der Waals surface area contributed by atoms with E-state index in [0.717, 1.165) is 30.0 Å². The summed E-state index contributed by atoms with van der Waals surface area (Å²) in [6.45, 7) is 0.955. The van der Waals surface area contributed by atoms with Crippen molar-refractivity contribution < 1.29 is 13.9 Å². The number of carbonyl (C=O) groups excluding carboxylic acids is 1. The van der Waals surface area contributed by atoms with Gasteiger partial charge in [-0.05, 0) is 18.6 Å². The molecule has 21 heavy (non-hydrogen) atoms. The second-order valence-electron chi connectivity index (χ2n) is 4.87. The first-order valence-electron chi connectivity index (χ1n) is 6.63. The molecule has 1 N–H and O–H groups in total. The number of fused-ring (bicyclic) bond motifs is 1. The molecule has 0 spiro atoms. The van der Waals surface area contributed by atoms with Gasteiger partial charge in [-0.1, -0.05) is 0 Å². The maximum Gasteiger partial charge on any atom is 0.261 e. The molecule has 0 saturated carbocycles. The van der Waals surface area contributed by atoms with Gasteiger partial charge in [-0.15, -0.1) is 11.3 Å². The van der Waals surface area contributed by atoms with Gasteiger partial charge in [0.2, 0.25) is 0 Å². The molecule has 0 bridgehead atoms. The summed E-state index contributed by atoms with van der Waals surface area (Å²) in [6, 6.07) is 2.77. The quantitative estimate of drug-likeness (QED) is 0.926. The topological polar surface area (TPSA) is 69.0 Å². The van der Waals surface area contributed by atoms with Crippen LogP contribution in [0.5, 0.6) is 0 Å². The van der Waals surface area contributed by atoms with E-state index in [0.29, 0.717) is 23.9 Å². The minimum atomic E-state index is -0.355. The second kappa shape index (κ2) is 5.90. The first-order chi connectivity index (χ1) is 10.2. The highest BCUT2D eigenvalue weighted by Gasteiger charge is 2.23. The van der Waals surface area contributed by atoms with E-state index in [1.54, 1.807) is 11.8 Å². The van der Waals surface area contributed by atoms with Crippen molar-refractivity contribution in [2.45, 2.75) is 32.0 Å². The number of hydrogen-bond acceptors (Lipinski definition) is 5. The van der Waals surface area contributed by atoms with Crippen LogP contribution < -0.4 is 5.32 Å². The Kier molecular flexibility index (Phi) is 3.98. The number of nitrogens with zero attached hydrogens (tertiary/aromatic N) is 3. The number of methoxy groups -OCH3 is 1. The zero-order chi connectivity index (χ0) is 14.8. The molecule has 1 amide bonds. The van der Waals surface area contributed by atoms with E-state index >= 15 is 0 Å². The number of amides is 1. The molecule has 2 aromatic rings. The normalized spacial score (nSPS) is 17.5. The second-order valence-corrected chi connectivity index (χ2v) is 5.91. The number of aromatic nitrogens is 3. The molecule has 1 unspecified atom stereocenters. The summed E-state index contributed by atoms with van der Waals surface area (Å²) in [5.41, 5.74) is 0. The van der Waals surface area contributed by atoms with Crippen LogP contribution in [0.2, 0.25) is 0 Å². The average molecular weight is 310 g/mol. The summed E-state index contributed by atoms with van der Waals surface area (Å²) >= 11 is 0.851. The highest BCUT2D eigenvalue weighted by atomic mass is 32.1. The summed E-state index contributed by atoms with van der Waals surface area (Å²) in [6.07, 6.45) is 1.55. The monoisotopic (exact) mass is 310 g/mol. The molecule has 0 radical (unpaired) electrons. The lowest BCUT2D eigenvalue weighted by Crippen LogP contribution is -2.41. The summed E-state index contributed by atoms with van der Waals surface area (Å²) in [4.78, 5) is 16.8. The van der Waals surface area contributed by atoms with Crippen molar-refractivity contribution in [2.24, 2.45) is 0 Å². The molecule has 1 aliphatic heterocycles. The molecule has 0 aliphatic carbocycles. The van der Waals surface area contributed by atoms with Crippen molar-refractivity contribution in [3.63, 3.8) is 0 Å². The van der Waals surface area contributed by atoms with Crippen molar-refractivity contribution >= 4 is 17.2 Å². The number of aryl methyl sites for hydroxylation is 1. The number of carbonyl (C=O) groups is 1. The lowest BCUT2D eigenvalue weighted by atomic mass is 10.1. The molecule has 8 heteroatoms. The van der Waals surface area contributed by atoms with Crippen LogP contribution in [0.3, 0.4) is 0 Å². The standard InChI is InChI=1S/C13H15FN4O2S/c1-20-7-11-16-12-5-2-8(6-18(12)17-11)15-13(19)9-3-4-10(14)21-9/h3-4,8H,2,5-7H2,1H3,(H,15,19). The third-order valence-corrected chi connectivity index (χ3v) is 4.18. The summed E-state index contributed by atoms with van der Waals surface area (Å²) in [7, 11) is 1.60. The third-order valence-electron chi connectivity index (χ3n) is 3.31. The van der Waals surface area contributed by atoms with Crippen LogP contribution in [0, 0.1) is 5.13 Å². The molecule has 0 saturated heterocycles. The fourth-order valence-corrected chi connectivity index (χ4v) is 3.00. The van der Waals surface area contributed by atoms with Crippen LogP contribution >= 0.6 is 11.3 Å². The molecular formula is C13H15FN4O2S. The Balaban J connectivity index is 1.64. The molecule has 3 rings (SSSR count). The summed E-state index contributed by atoms with van der Waals surface area (Å²) in [5.74, 6) is 1.32. The molecule has 2 aromatic heterocycles. The maximum atomic E-state index is 12.9. The molecule has 112 valence electrons. The van der Waals surface area contributed by atoms with Crippen molar-refractivity contribution in [2.75, 3.05) is 7.11 Å². The van der Waals surface area contributed by atoms with Gasteiger partial charge in [0, 0.05) is 19.6 Å². The Labute approximate surface area is 124 Å². The lowest BCUT2D eigenvalue weighted by Gasteiger charge is -2.23. The minimum absolute atomic E-state index is 0.0211. The molecule has 1 atom stereocenters. The van der Waals surface area contributed by atoms with Crippen LogP contribution in [0.15, 0.2) is 12.1 Å². The van der Waals surface area contributed by atoms with Crippen molar-refractivity contribution in [3.05, 3.63) is 33.8 Å². The maximum absolute atomic E-state index is 12.9. The molecule has 0 aromatic carbocycles. The Hall–Kier alpha value is -1.80. The molecule has 3 heterocycles. The number of halogens is 1. The highest BCUT2D eigenvalue weighted by Crippen LogP contribution is 2.17. The van der Waals surface area contributed by atoms with Crippen LogP contribution in [-0.2, 0) is 24.3 Å². The van der Waals surface area contributed by atoms with Gasteiger partial charge in [-0.25, -0.2) is 9.67 Å². The van der Waals surface area contributed by atoms with Gasteiger partial charge >= 0.3 is 0 Å². The predicted octanol–water partition coefficient (Wildman–Crippen LogP) is 1.37. The first kappa shape index (κ1) is 14.2. The SMILES string of the molecule is COCc1nc2n(n1)CC(NC(=O)c1ccc(F)s1)CC2. The zero-order valence-electron chi connectivity index (χ0n) is 11.5. The van der Waals surface area contributed by atoms with E-state index in [-0.39, 0.29) is 17.1 Å². The Morgan fingerprint density at radius 3 is 3.19 bits per heavy atom. The number of ether oxygens (including phenoxy) is 1. The lowest BCUT2D eigenvalue weighted by molar-refractivity contribution is 0.0930. The zero-order valence-corrected chi connectivity index (χ0v) is 12.3. The first-order valence-corrected chi connectivity index (χ1v) is 7.45. The fourth-order valence-electron chi connectivity index (χ4n) is 2.36. The smallest absolute Gasteiger partial charge is 0.261 e. The highest BCUT2D eigenvalue weighted by molar-refractivity contribution is 7.12. The number of nitrogens with one attached hydrogen (secondary N) is 1. The number of rotatable bonds is 4. The van der Waals surface area contributed by atoms with E-state index in [2.05, 4.69) is 15.4 Å². The van der Waals surface area contributed by atoms with Crippen molar-refractivity contribution in [1.29, 1.82) is 0 Å². The predicted molar refractivity (Wildman–Crippen MR) is 74.6 cm³/mol. The van der Waals surface area contributed by atoms with Gasteiger partial charge in [0.15, 0.2) is 11.0 Å². The van der Waals surface area contributed by atoms with Gasteiger partial charge in [-0.3, -0.25) is 4.79 Å². The van der Waals surface area contributed by atoms with Crippen LogP contribution in [0.1, 0.15) is 27.7 Å². The molecular weight excluding hydrogens is 295 g/mol. The van der Waals surface area contributed by atoms with E-state index < -0.39 is 0 Å². The number of hydrogen-bond donors (Lipinski definition) is 1. The van der Waals surface area contributed by atoms with E-state index in [4.69, 9.17) is 4.74 Å². The van der Waals surface area contributed by atoms with Crippen LogP contribution in [0.25, 0.3) is 0 Å². The fraction of sp³-hybridized carbons (Fsp3) is 0.462. The molecule has 0 fully saturated rings. The Morgan fingerprint density at radius 1 is 1.62 bits per heavy atom. The Morgan fingerprint density at radius 2 is 2.48 bits per heavy atom. The summed E-state index contributed by atoms with van der Waals surface area (Å²) in [5, 5.41) is 6.91. The third kappa shape index (κ3) is 3.11. The van der Waals surface area contributed by atoms with E-state index in [1.807, 2.05) is 0 Å².